The maximum atomic E-state index is 11.9. The van der Waals surface area contributed by atoms with Crippen LogP contribution in [-0.2, 0) is 0 Å². The number of carbonyl (C=O) groups is 1. The Kier molecular flexibility index (Phi) is 3.16. The Hall–Kier alpha value is -2.20. The molecule has 1 aromatic heterocycles. The highest BCUT2D eigenvalue weighted by Crippen LogP contribution is 2.19. The second kappa shape index (κ2) is 4.76. The monoisotopic (exact) mass is 228 g/mol. The van der Waals surface area contributed by atoms with Crippen LogP contribution in [0.1, 0.15) is 15.9 Å². The predicted molar refractivity (Wildman–Crippen MR) is 64.0 cm³/mol. The molecule has 0 radical (unpaired) electrons. The van der Waals surface area contributed by atoms with E-state index in [1.54, 1.807) is 30.5 Å². The van der Waals surface area contributed by atoms with E-state index in [0.29, 0.717) is 16.3 Å². The topological polar surface area (TPSA) is 53.4 Å². The van der Waals surface area contributed by atoms with Gasteiger partial charge in [-0.05, 0) is 30.7 Å². The van der Waals surface area contributed by atoms with Gasteiger partial charge < -0.3 is 0 Å². The maximum absolute atomic E-state index is 11.9. The van der Waals surface area contributed by atoms with Gasteiger partial charge in [0.15, 0.2) is 0 Å². The number of hydrogen-bond donors (Lipinski definition) is 1. The lowest BCUT2D eigenvalue weighted by atomic mass is 10.2. The van der Waals surface area contributed by atoms with E-state index in [0.717, 1.165) is 5.56 Å². The highest BCUT2D eigenvalue weighted by molar-refractivity contribution is 6.04. The summed E-state index contributed by atoms with van der Waals surface area (Å²) < 4.78 is 0. The van der Waals surface area contributed by atoms with Gasteiger partial charge in [-0.1, -0.05) is 18.2 Å². The fraction of sp³-hybridized carbons (Fsp3) is 0.0769. The second-order valence-corrected chi connectivity index (χ2v) is 3.65. The van der Waals surface area contributed by atoms with Crippen LogP contribution in [0.2, 0.25) is 0 Å². The highest BCUT2D eigenvalue weighted by atomic mass is 16.5. The molecule has 1 amide bonds. The Balaban J connectivity index is 2.30. The lowest BCUT2D eigenvalue weighted by Gasteiger charge is -2.16. The molecular weight excluding hydrogens is 216 g/mol. The van der Waals surface area contributed by atoms with Gasteiger partial charge in [-0.15, -0.1) is 0 Å². The molecule has 4 nitrogen and oxygen atoms in total. The molecule has 0 aliphatic heterocycles. The van der Waals surface area contributed by atoms with Crippen LogP contribution in [-0.4, -0.2) is 16.1 Å². The number of aromatic nitrogens is 1. The second-order valence-electron chi connectivity index (χ2n) is 3.65. The molecule has 4 heteroatoms. The summed E-state index contributed by atoms with van der Waals surface area (Å²) in [5.41, 5.74) is 1.65. The van der Waals surface area contributed by atoms with Crippen molar-refractivity contribution >= 4 is 11.6 Å². The van der Waals surface area contributed by atoms with Gasteiger partial charge in [-0.25, -0.2) is 0 Å². The Bertz CT molecular complexity index is 526. The average Bonchev–Trinajstić information content (AvgIpc) is 2.39. The Morgan fingerprint density at radius 3 is 2.65 bits per heavy atom. The number of anilines is 1. The third kappa shape index (κ3) is 2.32. The van der Waals surface area contributed by atoms with E-state index in [1.165, 1.54) is 6.20 Å². The third-order valence-electron chi connectivity index (χ3n) is 2.44. The van der Waals surface area contributed by atoms with E-state index in [2.05, 4.69) is 4.98 Å². The van der Waals surface area contributed by atoms with Crippen molar-refractivity contribution in [3.8, 4) is 0 Å². The largest absolute Gasteiger partial charge is 0.283 e. The number of pyridine rings is 1. The molecule has 1 N–H and O–H groups in total. The molecule has 1 heterocycles. The van der Waals surface area contributed by atoms with Gasteiger partial charge in [0, 0.05) is 12.4 Å². The fourth-order valence-electron chi connectivity index (χ4n) is 1.52. The molecule has 0 bridgehead atoms. The molecule has 0 atom stereocenters. The number of carbonyl (C=O) groups excluding carboxylic acids is 1. The fourth-order valence-corrected chi connectivity index (χ4v) is 1.52. The van der Waals surface area contributed by atoms with Crippen LogP contribution in [0.15, 0.2) is 48.8 Å². The highest BCUT2D eigenvalue weighted by Gasteiger charge is 2.16. The van der Waals surface area contributed by atoms with Crippen molar-refractivity contribution in [3.05, 3.63) is 59.9 Å². The number of hydrogen-bond acceptors (Lipinski definition) is 3. The Labute approximate surface area is 99.1 Å². The first-order valence-corrected chi connectivity index (χ1v) is 5.19. The van der Waals surface area contributed by atoms with Crippen molar-refractivity contribution in [2.45, 2.75) is 6.92 Å². The van der Waals surface area contributed by atoms with Crippen molar-refractivity contribution in [2.24, 2.45) is 0 Å². The molecule has 2 rings (SSSR count). The van der Waals surface area contributed by atoms with E-state index < -0.39 is 5.91 Å². The molecule has 0 unspecified atom stereocenters. The molecule has 0 saturated heterocycles. The number of para-hydroxylation sites is 1. The first-order valence-electron chi connectivity index (χ1n) is 5.19. The van der Waals surface area contributed by atoms with E-state index in [4.69, 9.17) is 0 Å². The number of aryl methyl sites for hydroxylation is 1. The van der Waals surface area contributed by atoms with E-state index in [9.17, 15) is 10.0 Å². The quantitative estimate of drug-likeness (QED) is 0.634. The van der Waals surface area contributed by atoms with E-state index >= 15 is 0 Å². The first-order chi connectivity index (χ1) is 8.20. The Morgan fingerprint density at radius 1 is 1.24 bits per heavy atom. The minimum absolute atomic E-state index is 0.346. The van der Waals surface area contributed by atoms with E-state index in [-0.39, 0.29) is 0 Å². The van der Waals surface area contributed by atoms with Gasteiger partial charge >= 0.3 is 0 Å². The first kappa shape index (κ1) is 11.3. The summed E-state index contributed by atoms with van der Waals surface area (Å²) in [6.45, 7) is 1.83. The van der Waals surface area contributed by atoms with Crippen LogP contribution in [0.3, 0.4) is 0 Å². The maximum Gasteiger partial charge on any atom is 0.283 e. The SMILES string of the molecule is Cc1ccccc1N(O)C(=O)c1cccnc1. The zero-order valence-electron chi connectivity index (χ0n) is 9.37. The smallest absolute Gasteiger partial charge is 0.281 e. The molecule has 0 spiro atoms. The third-order valence-corrected chi connectivity index (χ3v) is 2.44. The summed E-state index contributed by atoms with van der Waals surface area (Å²) in [6, 6.07) is 10.4. The summed E-state index contributed by atoms with van der Waals surface area (Å²) in [6.07, 6.45) is 3.00. The summed E-state index contributed by atoms with van der Waals surface area (Å²) in [7, 11) is 0. The van der Waals surface area contributed by atoms with Crippen LogP contribution < -0.4 is 5.06 Å². The number of hydroxylamine groups is 1. The molecule has 17 heavy (non-hydrogen) atoms. The van der Waals surface area contributed by atoms with Crippen molar-refractivity contribution in [1.29, 1.82) is 0 Å². The molecule has 0 aliphatic rings. The molecule has 0 saturated carbocycles. The van der Waals surface area contributed by atoms with Gasteiger partial charge in [-0.2, -0.15) is 5.06 Å². The number of benzene rings is 1. The number of amides is 1. The molecular formula is C13H12N2O2. The lowest BCUT2D eigenvalue weighted by molar-refractivity contribution is 0.0854. The van der Waals surface area contributed by atoms with Gasteiger partial charge in [-0.3, -0.25) is 15.0 Å². The molecule has 86 valence electrons. The minimum atomic E-state index is -0.493. The van der Waals surface area contributed by atoms with Crippen LogP contribution in [0, 0.1) is 6.92 Å². The van der Waals surface area contributed by atoms with E-state index in [1.807, 2.05) is 19.1 Å². The molecule has 0 aliphatic carbocycles. The molecule has 0 fully saturated rings. The Morgan fingerprint density at radius 2 is 2.00 bits per heavy atom. The van der Waals surface area contributed by atoms with Gasteiger partial charge in [0.1, 0.15) is 0 Å². The van der Waals surface area contributed by atoms with Crippen LogP contribution in [0.5, 0.6) is 0 Å². The minimum Gasteiger partial charge on any atom is -0.281 e. The summed E-state index contributed by atoms with van der Waals surface area (Å²) in [5.74, 6) is -0.493. The summed E-state index contributed by atoms with van der Waals surface area (Å²) in [4.78, 5) is 15.8. The van der Waals surface area contributed by atoms with Crippen LogP contribution >= 0.6 is 0 Å². The molecule has 1 aromatic carbocycles. The summed E-state index contributed by atoms with van der Waals surface area (Å²) in [5, 5.41) is 10.5. The van der Waals surface area contributed by atoms with Crippen LogP contribution in [0.4, 0.5) is 5.69 Å². The van der Waals surface area contributed by atoms with Crippen molar-refractivity contribution in [2.75, 3.05) is 5.06 Å². The zero-order valence-corrected chi connectivity index (χ0v) is 9.37. The van der Waals surface area contributed by atoms with Crippen molar-refractivity contribution < 1.29 is 10.0 Å². The average molecular weight is 228 g/mol. The van der Waals surface area contributed by atoms with Gasteiger partial charge in [0.05, 0.1) is 11.3 Å². The number of rotatable bonds is 2. The molecule has 2 aromatic rings. The summed E-state index contributed by atoms with van der Waals surface area (Å²) >= 11 is 0. The zero-order chi connectivity index (χ0) is 12.3. The predicted octanol–water partition coefficient (Wildman–Crippen LogP) is 2.43. The number of nitrogens with zero attached hydrogens (tertiary/aromatic N) is 2. The van der Waals surface area contributed by atoms with Crippen molar-refractivity contribution in [1.82, 2.24) is 4.98 Å². The normalized spacial score (nSPS) is 10.0. The van der Waals surface area contributed by atoms with Gasteiger partial charge in [0.25, 0.3) is 5.91 Å². The standard InChI is InChI=1S/C13H12N2O2/c1-10-5-2-3-7-12(10)15(17)13(16)11-6-4-8-14-9-11/h2-9,17H,1H3. The van der Waals surface area contributed by atoms with Gasteiger partial charge in [0.2, 0.25) is 0 Å². The van der Waals surface area contributed by atoms with Crippen molar-refractivity contribution in [3.63, 3.8) is 0 Å². The lowest BCUT2D eigenvalue weighted by Crippen LogP contribution is -2.27. The van der Waals surface area contributed by atoms with Crippen LogP contribution in [0.25, 0.3) is 0 Å².